The van der Waals surface area contributed by atoms with E-state index in [0.29, 0.717) is 12.1 Å². The number of benzene rings is 1. The Morgan fingerprint density at radius 3 is 2.67 bits per heavy atom. The summed E-state index contributed by atoms with van der Waals surface area (Å²) in [5.74, 6) is 0. The third kappa shape index (κ3) is 3.27. The Morgan fingerprint density at radius 1 is 1.29 bits per heavy atom. The van der Waals surface area contributed by atoms with Crippen molar-refractivity contribution in [3.8, 4) is 0 Å². The molecule has 21 heavy (non-hydrogen) atoms. The number of aliphatic hydroxyl groups is 1. The minimum atomic E-state index is -0.104. The molecule has 0 aliphatic carbocycles. The number of rotatable bonds is 5. The van der Waals surface area contributed by atoms with E-state index >= 15 is 0 Å². The van der Waals surface area contributed by atoms with E-state index in [-0.39, 0.29) is 6.10 Å². The minimum absolute atomic E-state index is 0.104. The maximum atomic E-state index is 10.0. The zero-order valence-corrected chi connectivity index (χ0v) is 14.3. The number of hydrogen-bond donors (Lipinski definition) is 2. The summed E-state index contributed by atoms with van der Waals surface area (Å²) < 4.78 is 1.14. The molecule has 3 nitrogen and oxygen atoms in total. The number of halogens is 1. The van der Waals surface area contributed by atoms with Gasteiger partial charge in [-0.2, -0.15) is 0 Å². The Bertz CT molecular complexity index is 480. The molecule has 2 unspecified atom stereocenters. The van der Waals surface area contributed by atoms with Crippen molar-refractivity contribution < 1.29 is 5.11 Å². The summed E-state index contributed by atoms with van der Waals surface area (Å²) in [5, 5.41) is 13.5. The Balaban J connectivity index is 1.85. The first-order valence-electron chi connectivity index (χ1n) is 8.14. The summed E-state index contributed by atoms with van der Waals surface area (Å²) in [7, 11) is 0. The molecule has 0 spiro atoms. The fourth-order valence-electron chi connectivity index (χ4n) is 3.87. The Morgan fingerprint density at radius 2 is 2.00 bits per heavy atom. The van der Waals surface area contributed by atoms with Gasteiger partial charge >= 0.3 is 0 Å². The van der Waals surface area contributed by atoms with E-state index in [1.165, 1.54) is 24.1 Å². The van der Waals surface area contributed by atoms with Crippen molar-refractivity contribution in [2.45, 2.75) is 63.8 Å². The average molecular weight is 353 g/mol. The zero-order chi connectivity index (χ0) is 14.8. The van der Waals surface area contributed by atoms with E-state index in [2.05, 4.69) is 51.3 Å². The number of nitrogens with zero attached hydrogens (tertiary/aromatic N) is 1. The largest absolute Gasteiger partial charge is 0.393 e. The lowest BCUT2D eigenvalue weighted by Crippen LogP contribution is -2.45. The van der Waals surface area contributed by atoms with Crippen LogP contribution in [0.25, 0.3) is 0 Å². The van der Waals surface area contributed by atoms with Crippen molar-refractivity contribution in [3.05, 3.63) is 28.2 Å². The van der Waals surface area contributed by atoms with Gasteiger partial charge in [0.25, 0.3) is 0 Å². The SMILES string of the molecule is CCCNCc1ccc(Br)cc1N1C2CCC1CC(O)C2. The first-order chi connectivity index (χ1) is 10.2. The van der Waals surface area contributed by atoms with Gasteiger partial charge in [-0.15, -0.1) is 0 Å². The third-order valence-corrected chi connectivity index (χ3v) is 5.27. The molecule has 1 aromatic carbocycles. The average Bonchev–Trinajstić information content (AvgIpc) is 2.72. The molecule has 0 aromatic heterocycles. The number of aliphatic hydroxyl groups excluding tert-OH is 1. The summed E-state index contributed by atoms with van der Waals surface area (Å²) in [5.41, 5.74) is 2.73. The predicted molar refractivity (Wildman–Crippen MR) is 90.7 cm³/mol. The number of piperidine rings is 1. The van der Waals surface area contributed by atoms with Crippen molar-refractivity contribution in [2.24, 2.45) is 0 Å². The molecule has 2 aliphatic rings. The van der Waals surface area contributed by atoms with Gasteiger partial charge in [0.05, 0.1) is 6.10 Å². The summed E-state index contributed by atoms with van der Waals surface area (Å²) in [6.07, 6.45) is 5.34. The lowest BCUT2D eigenvalue weighted by Gasteiger charge is -2.40. The van der Waals surface area contributed by atoms with Crippen LogP contribution in [0.15, 0.2) is 22.7 Å². The van der Waals surface area contributed by atoms with Crippen molar-refractivity contribution in [3.63, 3.8) is 0 Å². The zero-order valence-electron chi connectivity index (χ0n) is 12.7. The van der Waals surface area contributed by atoms with Crippen LogP contribution in [-0.4, -0.2) is 29.8 Å². The first kappa shape index (κ1) is 15.3. The lowest BCUT2D eigenvalue weighted by atomic mass is 9.97. The van der Waals surface area contributed by atoms with E-state index < -0.39 is 0 Å². The van der Waals surface area contributed by atoms with Crippen LogP contribution in [-0.2, 0) is 6.54 Å². The van der Waals surface area contributed by atoms with Gasteiger partial charge in [-0.1, -0.05) is 28.9 Å². The molecule has 3 rings (SSSR count). The van der Waals surface area contributed by atoms with E-state index in [0.717, 1.165) is 36.8 Å². The second-order valence-corrected chi connectivity index (χ2v) is 7.28. The molecule has 1 aromatic rings. The third-order valence-electron chi connectivity index (χ3n) is 4.78. The molecule has 2 saturated heterocycles. The normalized spacial score (nSPS) is 28.1. The molecule has 2 aliphatic heterocycles. The van der Waals surface area contributed by atoms with Crippen LogP contribution >= 0.6 is 15.9 Å². The van der Waals surface area contributed by atoms with Crippen LogP contribution in [0.4, 0.5) is 5.69 Å². The van der Waals surface area contributed by atoms with E-state index in [4.69, 9.17) is 0 Å². The Kier molecular flexibility index (Phi) is 4.87. The molecule has 2 fully saturated rings. The van der Waals surface area contributed by atoms with Crippen molar-refractivity contribution >= 4 is 21.6 Å². The molecule has 0 amide bonds. The molecular formula is C17H25BrN2O. The van der Waals surface area contributed by atoms with E-state index in [1.807, 2.05) is 0 Å². The van der Waals surface area contributed by atoms with E-state index in [1.54, 1.807) is 0 Å². The Labute approximate surface area is 135 Å². The monoisotopic (exact) mass is 352 g/mol. The minimum Gasteiger partial charge on any atom is -0.393 e. The number of nitrogens with one attached hydrogen (secondary N) is 1. The van der Waals surface area contributed by atoms with Crippen LogP contribution in [0.3, 0.4) is 0 Å². The van der Waals surface area contributed by atoms with Crippen molar-refractivity contribution in [1.29, 1.82) is 0 Å². The maximum Gasteiger partial charge on any atom is 0.0579 e. The van der Waals surface area contributed by atoms with Gasteiger partial charge in [0.1, 0.15) is 0 Å². The van der Waals surface area contributed by atoms with Gasteiger partial charge in [-0.3, -0.25) is 0 Å². The second-order valence-electron chi connectivity index (χ2n) is 6.37. The highest BCUT2D eigenvalue weighted by molar-refractivity contribution is 9.10. The number of fused-ring (bicyclic) bond motifs is 2. The van der Waals surface area contributed by atoms with Gasteiger partial charge in [0.2, 0.25) is 0 Å². The molecular weight excluding hydrogens is 328 g/mol. The van der Waals surface area contributed by atoms with Gasteiger partial charge in [-0.25, -0.2) is 0 Å². The fourth-order valence-corrected chi connectivity index (χ4v) is 4.22. The second kappa shape index (κ2) is 6.67. The Hall–Kier alpha value is -0.580. The van der Waals surface area contributed by atoms with Crippen LogP contribution in [0, 0.1) is 0 Å². The molecule has 2 N–H and O–H groups in total. The van der Waals surface area contributed by atoms with Gasteiger partial charge < -0.3 is 15.3 Å². The topological polar surface area (TPSA) is 35.5 Å². The highest BCUT2D eigenvalue weighted by Gasteiger charge is 2.40. The maximum absolute atomic E-state index is 10.0. The van der Waals surface area contributed by atoms with Gasteiger partial charge in [0.15, 0.2) is 0 Å². The molecule has 0 radical (unpaired) electrons. The lowest BCUT2D eigenvalue weighted by molar-refractivity contribution is 0.126. The van der Waals surface area contributed by atoms with E-state index in [9.17, 15) is 5.11 Å². The first-order valence-corrected chi connectivity index (χ1v) is 8.94. The van der Waals surface area contributed by atoms with Gasteiger partial charge in [-0.05, 0) is 56.3 Å². The molecule has 2 atom stereocenters. The molecule has 116 valence electrons. The summed E-state index contributed by atoms with van der Waals surface area (Å²) in [6.45, 7) is 4.18. The summed E-state index contributed by atoms with van der Waals surface area (Å²) in [6, 6.07) is 7.64. The predicted octanol–water partition coefficient (Wildman–Crippen LogP) is 3.44. The molecule has 2 heterocycles. The van der Waals surface area contributed by atoms with Crippen LogP contribution in [0.5, 0.6) is 0 Å². The highest BCUT2D eigenvalue weighted by atomic mass is 79.9. The van der Waals surface area contributed by atoms with Crippen LogP contribution in [0.2, 0.25) is 0 Å². The van der Waals surface area contributed by atoms with Gasteiger partial charge in [0, 0.05) is 28.8 Å². The van der Waals surface area contributed by atoms with Crippen molar-refractivity contribution in [2.75, 3.05) is 11.4 Å². The number of anilines is 1. The molecule has 0 saturated carbocycles. The fraction of sp³-hybridized carbons (Fsp3) is 0.647. The molecule has 2 bridgehead atoms. The number of hydrogen-bond acceptors (Lipinski definition) is 3. The quantitative estimate of drug-likeness (QED) is 0.796. The highest BCUT2D eigenvalue weighted by Crippen LogP contribution is 2.41. The summed E-state index contributed by atoms with van der Waals surface area (Å²) >= 11 is 3.62. The summed E-state index contributed by atoms with van der Waals surface area (Å²) in [4.78, 5) is 2.58. The van der Waals surface area contributed by atoms with Crippen molar-refractivity contribution in [1.82, 2.24) is 5.32 Å². The molecule has 4 heteroatoms. The standard InChI is InChI=1S/C17H25BrN2O/c1-2-7-19-11-12-3-4-13(18)8-17(12)20-14-5-6-15(20)10-16(21)9-14/h3-4,8,14-16,19,21H,2,5-7,9-11H2,1H3. The van der Waals surface area contributed by atoms with Crippen LogP contribution in [0.1, 0.15) is 44.6 Å². The van der Waals surface area contributed by atoms with Crippen LogP contribution < -0.4 is 10.2 Å². The smallest absolute Gasteiger partial charge is 0.0579 e.